The van der Waals surface area contributed by atoms with E-state index in [0.717, 1.165) is 54.3 Å². The van der Waals surface area contributed by atoms with E-state index in [9.17, 15) is 21.6 Å². The number of benzene rings is 7. The summed E-state index contributed by atoms with van der Waals surface area (Å²) in [5.41, 5.74) is 1.13. The minimum atomic E-state index is -5.95. The predicted molar refractivity (Wildman–Crippen MR) is 210 cm³/mol. The number of halogens is 3. The molecule has 1 aromatic heterocycles. The normalized spacial score (nSPS) is 11.8. The van der Waals surface area contributed by atoms with Crippen molar-refractivity contribution < 1.29 is 25.8 Å². The van der Waals surface area contributed by atoms with Crippen molar-refractivity contribution in [2.75, 3.05) is 9.80 Å². The highest BCUT2D eigenvalue weighted by Gasteiger charge is 2.48. The van der Waals surface area contributed by atoms with Crippen LogP contribution in [0.1, 0.15) is 0 Å². The van der Waals surface area contributed by atoms with Crippen LogP contribution in [0, 0.1) is 0 Å². The maximum atomic E-state index is 13.6. The Labute approximate surface area is 308 Å². The Morgan fingerprint density at radius 1 is 0.491 bits per heavy atom. The zero-order valence-corrected chi connectivity index (χ0v) is 29.4. The number of nitrogens with zero attached hydrogens (tertiary/aromatic N) is 2. The monoisotopic (exact) mass is 742 g/mol. The Morgan fingerprint density at radius 2 is 0.943 bits per heavy atom. The van der Waals surface area contributed by atoms with Crippen molar-refractivity contribution in [1.82, 2.24) is 0 Å². The summed E-state index contributed by atoms with van der Waals surface area (Å²) in [5, 5.41) is 1.31. The van der Waals surface area contributed by atoms with E-state index in [1.54, 1.807) is 0 Å². The van der Waals surface area contributed by atoms with Crippen LogP contribution in [0.2, 0.25) is 0 Å². The lowest BCUT2D eigenvalue weighted by Crippen LogP contribution is -2.28. The van der Waals surface area contributed by atoms with Gasteiger partial charge < -0.3 is 14.0 Å². The van der Waals surface area contributed by atoms with Gasteiger partial charge in [0.05, 0.1) is 10.4 Å². The number of hydrogen-bond donors (Lipinski definition) is 0. The number of alkyl halides is 3. The third-order valence-corrected chi connectivity index (χ3v) is 11.0. The molecule has 5 nitrogen and oxygen atoms in total. The van der Waals surface area contributed by atoms with Crippen molar-refractivity contribution in [3.63, 3.8) is 0 Å². The van der Waals surface area contributed by atoms with Gasteiger partial charge in [-0.1, -0.05) is 91.0 Å². The minimum absolute atomic E-state index is 0.446. The number of rotatable bonds is 9. The highest BCUT2D eigenvalue weighted by Crippen LogP contribution is 2.48. The summed E-state index contributed by atoms with van der Waals surface area (Å²) in [6.45, 7) is 0. The highest BCUT2D eigenvalue weighted by molar-refractivity contribution is 7.88. The van der Waals surface area contributed by atoms with Crippen molar-refractivity contribution in [3.8, 4) is 16.9 Å². The van der Waals surface area contributed by atoms with Crippen LogP contribution in [0.5, 0.6) is 5.75 Å². The Kier molecular flexibility index (Phi) is 8.85. The molecule has 0 spiro atoms. The van der Waals surface area contributed by atoms with Crippen LogP contribution in [0.3, 0.4) is 0 Å². The fourth-order valence-corrected chi connectivity index (χ4v) is 8.00. The molecule has 10 heteroatoms. The average Bonchev–Trinajstić information content (AvgIpc) is 3.54. The molecule has 0 saturated heterocycles. The summed E-state index contributed by atoms with van der Waals surface area (Å²) >= 11 is 1.47. The number of thiophene rings is 1. The number of para-hydroxylation sites is 4. The van der Waals surface area contributed by atoms with E-state index in [4.69, 9.17) is 4.18 Å². The molecule has 0 aliphatic rings. The molecule has 0 unspecified atom stereocenters. The molecule has 7 aromatic carbocycles. The lowest BCUT2D eigenvalue weighted by Gasteiger charge is -2.26. The van der Waals surface area contributed by atoms with E-state index in [2.05, 4.69) is 41.3 Å². The average molecular weight is 743 g/mol. The van der Waals surface area contributed by atoms with Gasteiger partial charge in [-0.3, -0.25) is 0 Å². The molecule has 0 fully saturated rings. The number of fused-ring (bicyclic) bond motifs is 3. The number of anilines is 6. The summed E-state index contributed by atoms with van der Waals surface area (Å²) < 4.78 is 71.9. The molecule has 0 aliphatic carbocycles. The Balaban J connectivity index is 1.27. The van der Waals surface area contributed by atoms with Crippen molar-refractivity contribution in [3.05, 3.63) is 176 Å². The molecule has 8 rings (SSSR count). The van der Waals surface area contributed by atoms with Gasteiger partial charge in [-0.05, 0) is 90.0 Å². The summed E-state index contributed by atoms with van der Waals surface area (Å²) in [5.74, 6) is -0.446. The van der Waals surface area contributed by atoms with Crippen molar-refractivity contribution in [1.29, 1.82) is 0 Å². The van der Waals surface area contributed by atoms with Gasteiger partial charge >= 0.3 is 15.6 Å². The lowest BCUT2D eigenvalue weighted by molar-refractivity contribution is -0.0500. The zero-order chi connectivity index (χ0) is 36.6. The topological polar surface area (TPSA) is 49.9 Å². The summed E-state index contributed by atoms with van der Waals surface area (Å²) in [4.78, 5) is 4.05. The first-order chi connectivity index (χ1) is 25.7. The second-order valence-electron chi connectivity index (χ2n) is 12.2. The largest absolute Gasteiger partial charge is 0.534 e. The first-order valence-corrected chi connectivity index (χ1v) is 18.8. The Bertz CT molecular complexity index is 2560. The molecule has 53 heavy (non-hydrogen) atoms. The van der Waals surface area contributed by atoms with E-state index >= 15 is 0 Å². The van der Waals surface area contributed by atoms with Gasteiger partial charge in [-0.25, -0.2) is 0 Å². The molecule has 0 N–H and O–H groups in total. The fourth-order valence-electron chi connectivity index (χ4n) is 6.39. The summed E-state index contributed by atoms with van der Waals surface area (Å²) in [7, 11) is -5.95. The maximum Gasteiger partial charge on any atom is 0.534 e. The van der Waals surface area contributed by atoms with Crippen LogP contribution >= 0.6 is 11.3 Å². The second-order valence-corrected chi connectivity index (χ2v) is 14.8. The van der Waals surface area contributed by atoms with Crippen LogP contribution < -0.4 is 14.0 Å². The minimum Gasteiger partial charge on any atom is -0.376 e. The molecule has 0 saturated carbocycles. The van der Waals surface area contributed by atoms with E-state index in [1.165, 1.54) is 23.5 Å². The van der Waals surface area contributed by atoms with Gasteiger partial charge in [-0.2, -0.15) is 21.6 Å². The van der Waals surface area contributed by atoms with Gasteiger partial charge in [0, 0.05) is 50.0 Å². The summed E-state index contributed by atoms with van der Waals surface area (Å²) in [6.07, 6.45) is 0. The third kappa shape index (κ3) is 6.70. The first kappa shape index (κ1) is 34.0. The molecule has 8 aromatic rings. The molecule has 262 valence electrons. The van der Waals surface area contributed by atoms with E-state index in [0.29, 0.717) is 11.1 Å². The van der Waals surface area contributed by atoms with Gasteiger partial charge in [0.1, 0.15) is 5.75 Å². The van der Waals surface area contributed by atoms with Crippen LogP contribution in [-0.4, -0.2) is 13.9 Å². The molecule has 0 atom stereocenters. The van der Waals surface area contributed by atoms with Gasteiger partial charge in [-0.15, -0.1) is 11.3 Å². The van der Waals surface area contributed by atoms with Crippen molar-refractivity contribution in [2.24, 2.45) is 0 Å². The van der Waals surface area contributed by atoms with E-state index in [-0.39, 0.29) is 0 Å². The Hall–Kier alpha value is -6.10. The van der Waals surface area contributed by atoms with Crippen molar-refractivity contribution >= 4 is 75.8 Å². The predicted octanol–water partition coefficient (Wildman–Crippen LogP) is 12.9. The molecule has 0 radical (unpaired) electrons. The summed E-state index contributed by atoms with van der Waals surface area (Å²) in [6, 6.07) is 55.7. The molecular formula is C43H29F3N2O3S2. The number of hydrogen-bond acceptors (Lipinski definition) is 6. The van der Waals surface area contributed by atoms with Gasteiger partial charge in [0.25, 0.3) is 0 Å². The van der Waals surface area contributed by atoms with Crippen LogP contribution in [0.15, 0.2) is 176 Å². The maximum absolute atomic E-state index is 13.6. The SMILES string of the molecule is O=S(=O)(Oc1cc(N(c2ccccc2)c2ccccc2)c2sc3ccc(-c4ccc(N(c5ccccc5)c5ccccc5)cc4)cc3c2c1)C(F)(F)F. The van der Waals surface area contributed by atoms with Gasteiger partial charge in [0.2, 0.25) is 0 Å². The van der Waals surface area contributed by atoms with E-state index in [1.807, 2.05) is 132 Å². The molecule has 0 aliphatic heterocycles. The fraction of sp³-hybridized carbons (Fsp3) is 0.0233. The van der Waals surface area contributed by atoms with Crippen LogP contribution in [0.25, 0.3) is 31.3 Å². The van der Waals surface area contributed by atoms with Crippen LogP contribution in [0.4, 0.5) is 47.3 Å². The van der Waals surface area contributed by atoms with Crippen molar-refractivity contribution in [2.45, 2.75) is 5.51 Å². The highest BCUT2D eigenvalue weighted by atomic mass is 32.2. The standard InChI is InChI=1S/C43H29F3N2O3S2/c44-43(45,46)53(49,50)51-37-28-39-38-27-31(30-21-24-36(25-22-30)47(32-13-5-1-6-14-32)33-15-7-2-8-16-33)23-26-41(38)52-42(39)40(29-37)48(34-17-9-3-10-18-34)35-19-11-4-12-20-35/h1-29H. The zero-order valence-electron chi connectivity index (χ0n) is 27.8. The first-order valence-electron chi connectivity index (χ1n) is 16.6. The quantitative estimate of drug-likeness (QED) is 0.109. The Morgan fingerprint density at radius 3 is 1.43 bits per heavy atom. The molecule has 1 heterocycles. The second kappa shape index (κ2) is 13.8. The smallest absolute Gasteiger partial charge is 0.376 e. The van der Waals surface area contributed by atoms with Crippen LogP contribution in [-0.2, 0) is 10.1 Å². The molecule has 0 amide bonds. The molecular weight excluding hydrogens is 714 g/mol. The lowest BCUT2D eigenvalue weighted by atomic mass is 10.0. The van der Waals surface area contributed by atoms with E-state index < -0.39 is 21.4 Å². The third-order valence-electron chi connectivity index (χ3n) is 8.77. The van der Waals surface area contributed by atoms with Gasteiger partial charge in [0.15, 0.2) is 0 Å². The molecule has 0 bridgehead atoms.